The number of esters is 1. The molecule has 4 unspecified atom stereocenters. The van der Waals surface area contributed by atoms with Crippen LogP contribution in [0.2, 0.25) is 0 Å². The molecule has 3 aromatic carbocycles. The van der Waals surface area contributed by atoms with Crippen LogP contribution in [0.15, 0.2) is 78.9 Å². The molecular formula is C36H45N3O6. The Morgan fingerprint density at radius 1 is 0.889 bits per heavy atom. The van der Waals surface area contributed by atoms with Gasteiger partial charge in [0.25, 0.3) is 0 Å². The molecule has 0 aromatic heterocycles. The third-order valence-corrected chi connectivity index (χ3v) is 8.52. The highest BCUT2D eigenvalue weighted by molar-refractivity contribution is 5.92. The van der Waals surface area contributed by atoms with E-state index in [9.17, 15) is 14.7 Å². The lowest BCUT2D eigenvalue weighted by Crippen LogP contribution is -2.45. The van der Waals surface area contributed by atoms with Crippen molar-refractivity contribution in [3.05, 3.63) is 101 Å². The van der Waals surface area contributed by atoms with Crippen LogP contribution in [0.1, 0.15) is 73.2 Å². The van der Waals surface area contributed by atoms with Gasteiger partial charge in [0.05, 0.1) is 25.9 Å². The maximum atomic E-state index is 13.0. The van der Waals surface area contributed by atoms with Gasteiger partial charge in [0.2, 0.25) is 0 Å². The van der Waals surface area contributed by atoms with Crippen molar-refractivity contribution in [1.29, 1.82) is 0 Å². The molecule has 45 heavy (non-hydrogen) atoms. The average Bonchev–Trinajstić information content (AvgIpc) is 3.05. The smallest absolute Gasteiger partial charge is 0.328 e. The number of urea groups is 1. The number of aliphatic hydroxyl groups excluding tert-OH is 1. The lowest BCUT2D eigenvalue weighted by Gasteiger charge is -2.39. The predicted octanol–water partition coefficient (Wildman–Crippen LogP) is 5.90. The Morgan fingerprint density at radius 3 is 2.33 bits per heavy atom. The number of anilines is 1. The molecule has 9 nitrogen and oxygen atoms in total. The van der Waals surface area contributed by atoms with E-state index in [0.717, 1.165) is 48.3 Å². The minimum absolute atomic E-state index is 0.00484. The van der Waals surface area contributed by atoms with Gasteiger partial charge in [0.1, 0.15) is 6.04 Å². The summed E-state index contributed by atoms with van der Waals surface area (Å²) < 4.78 is 18.1. The van der Waals surface area contributed by atoms with Gasteiger partial charge in [-0.15, -0.1) is 0 Å². The average molecular weight is 616 g/mol. The molecule has 2 fully saturated rings. The van der Waals surface area contributed by atoms with Crippen molar-refractivity contribution < 1.29 is 28.9 Å². The first-order valence-electron chi connectivity index (χ1n) is 16.0. The lowest BCUT2D eigenvalue weighted by molar-refractivity contribution is -0.253. The van der Waals surface area contributed by atoms with Crippen LogP contribution < -0.4 is 10.6 Å². The molecular weight excluding hydrogens is 570 g/mol. The molecule has 0 radical (unpaired) electrons. The minimum atomic E-state index is -0.840. The van der Waals surface area contributed by atoms with E-state index in [-0.39, 0.29) is 18.8 Å². The number of hydrogen-bond acceptors (Lipinski definition) is 7. The van der Waals surface area contributed by atoms with Gasteiger partial charge in [0.15, 0.2) is 6.29 Å². The summed E-state index contributed by atoms with van der Waals surface area (Å²) in [5, 5.41) is 15.1. The van der Waals surface area contributed by atoms with E-state index < -0.39 is 24.3 Å². The van der Waals surface area contributed by atoms with Crippen LogP contribution in [0, 0.1) is 0 Å². The van der Waals surface area contributed by atoms with E-state index in [1.165, 1.54) is 39.2 Å². The summed E-state index contributed by atoms with van der Waals surface area (Å²) in [6, 6.07) is 23.4. The topological polar surface area (TPSA) is 109 Å². The van der Waals surface area contributed by atoms with Gasteiger partial charge in [0, 0.05) is 30.6 Å². The monoisotopic (exact) mass is 615 g/mol. The SMILES string of the molecule is COC(=O)C(Cc1ccccc1)NC(=O)Nc1cccc(C2OC(CN3CCCCCCC3)CC(c3ccc(CO)cc3)O2)c1. The number of hydrogen-bond donors (Lipinski definition) is 3. The number of amides is 2. The van der Waals surface area contributed by atoms with Crippen molar-refractivity contribution >= 4 is 17.7 Å². The minimum Gasteiger partial charge on any atom is -0.467 e. The van der Waals surface area contributed by atoms with Crippen molar-refractivity contribution in [2.75, 3.05) is 32.1 Å². The number of carbonyl (C=O) groups is 2. The first-order valence-corrected chi connectivity index (χ1v) is 16.0. The number of benzene rings is 3. The van der Waals surface area contributed by atoms with Crippen LogP contribution in [0.3, 0.4) is 0 Å². The van der Waals surface area contributed by atoms with Gasteiger partial charge in [-0.25, -0.2) is 9.59 Å². The van der Waals surface area contributed by atoms with Gasteiger partial charge >= 0.3 is 12.0 Å². The Bertz CT molecular complexity index is 1360. The fraction of sp³-hybridized carbons (Fsp3) is 0.444. The van der Waals surface area contributed by atoms with Crippen molar-refractivity contribution in [2.24, 2.45) is 0 Å². The number of methoxy groups -OCH3 is 1. The third kappa shape index (κ3) is 9.61. The molecule has 2 aliphatic heterocycles. The molecule has 2 aliphatic rings. The number of carbonyl (C=O) groups excluding carboxylic acids is 2. The first-order chi connectivity index (χ1) is 22.0. The van der Waals surface area contributed by atoms with Crippen molar-refractivity contribution in [3.8, 4) is 0 Å². The number of ether oxygens (including phenoxy) is 3. The standard InChI is InChI=1S/C36H45N3O6/c1-43-34(41)32(21-26-11-6-5-7-12-26)38-36(42)37-30-14-10-13-29(22-30)35-44-31(24-39-19-8-3-2-4-9-20-39)23-33(45-35)28-17-15-27(25-40)16-18-28/h5-7,10-18,22,31-33,35,40H,2-4,8-9,19-21,23-25H2,1H3,(H2,37,38,42). The molecule has 0 aliphatic carbocycles. The fourth-order valence-corrected chi connectivity index (χ4v) is 6.09. The Labute approximate surface area is 265 Å². The highest BCUT2D eigenvalue weighted by atomic mass is 16.7. The van der Waals surface area contributed by atoms with Crippen LogP contribution in [-0.2, 0) is 32.0 Å². The van der Waals surface area contributed by atoms with E-state index in [1.54, 1.807) is 6.07 Å². The van der Waals surface area contributed by atoms with Gasteiger partial charge in [-0.05, 0) is 54.8 Å². The van der Waals surface area contributed by atoms with Crippen LogP contribution in [0.5, 0.6) is 0 Å². The van der Waals surface area contributed by atoms with Gasteiger partial charge < -0.3 is 34.9 Å². The predicted molar refractivity (Wildman–Crippen MR) is 172 cm³/mol. The Morgan fingerprint density at radius 2 is 1.62 bits per heavy atom. The largest absolute Gasteiger partial charge is 0.467 e. The normalized spacial score (nSPS) is 21.6. The van der Waals surface area contributed by atoms with Crippen molar-refractivity contribution in [2.45, 2.75) is 76.1 Å². The summed E-state index contributed by atoms with van der Waals surface area (Å²) in [6.07, 6.45) is 6.44. The van der Waals surface area contributed by atoms with Crippen molar-refractivity contribution in [1.82, 2.24) is 10.2 Å². The van der Waals surface area contributed by atoms with E-state index in [1.807, 2.05) is 72.8 Å². The Hall–Kier alpha value is -3.76. The lowest BCUT2D eigenvalue weighted by atomic mass is 9.99. The summed E-state index contributed by atoms with van der Waals surface area (Å²) in [5.74, 6) is -0.518. The first kappa shape index (κ1) is 32.6. The maximum Gasteiger partial charge on any atom is 0.328 e. The molecule has 240 valence electrons. The zero-order valence-corrected chi connectivity index (χ0v) is 26.0. The molecule has 0 saturated carbocycles. The molecule has 4 atom stereocenters. The third-order valence-electron chi connectivity index (χ3n) is 8.52. The fourth-order valence-electron chi connectivity index (χ4n) is 6.09. The highest BCUT2D eigenvalue weighted by Crippen LogP contribution is 2.38. The summed E-state index contributed by atoms with van der Waals surface area (Å²) in [4.78, 5) is 28.0. The van der Waals surface area contributed by atoms with Gasteiger partial charge in [-0.1, -0.05) is 86.0 Å². The summed E-state index contributed by atoms with van der Waals surface area (Å²) in [5.41, 5.74) is 4.15. The second kappa shape index (κ2) is 16.5. The molecule has 3 aromatic rings. The summed E-state index contributed by atoms with van der Waals surface area (Å²) >= 11 is 0. The molecule has 2 amide bonds. The second-order valence-corrected chi connectivity index (χ2v) is 11.9. The Balaban J connectivity index is 1.29. The van der Waals surface area contributed by atoms with Crippen LogP contribution in [0.4, 0.5) is 10.5 Å². The Kier molecular flexibility index (Phi) is 12.0. The van der Waals surface area contributed by atoms with Gasteiger partial charge in [-0.2, -0.15) is 0 Å². The maximum absolute atomic E-state index is 13.0. The quantitative estimate of drug-likeness (QED) is 0.244. The number of aliphatic hydroxyl groups is 1. The van der Waals surface area contributed by atoms with Crippen molar-refractivity contribution in [3.63, 3.8) is 0 Å². The zero-order valence-electron chi connectivity index (χ0n) is 26.0. The second-order valence-electron chi connectivity index (χ2n) is 11.9. The molecule has 9 heteroatoms. The number of nitrogens with zero attached hydrogens (tertiary/aromatic N) is 1. The molecule has 0 spiro atoms. The highest BCUT2D eigenvalue weighted by Gasteiger charge is 2.33. The molecule has 0 bridgehead atoms. The van der Waals surface area contributed by atoms with Gasteiger partial charge in [-0.3, -0.25) is 0 Å². The van der Waals surface area contributed by atoms with Crippen LogP contribution in [0.25, 0.3) is 0 Å². The van der Waals surface area contributed by atoms with Crippen LogP contribution >= 0.6 is 0 Å². The van der Waals surface area contributed by atoms with E-state index in [4.69, 9.17) is 14.2 Å². The van der Waals surface area contributed by atoms with E-state index >= 15 is 0 Å². The van der Waals surface area contributed by atoms with Crippen LogP contribution in [-0.4, -0.2) is 60.9 Å². The molecule has 2 saturated heterocycles. The number of rotatable bonds is 10. The molecule has 5 rings (SSSR count). The summed E-state index contributed by atoms with van der Waals surface area (Å²) in [7, 11) is 1.31. The zero-order chi connectivity index (χ0) is 31.4. The number of likely N-dealkylation sites (tertiary alicyclic amines) is 1. The molecule has 2 heterocycles. The van der Waals surface area contributed by atoms with E-state index in [0.29, 0.717) is 12.1 Å². The number of nitrogens with one attached hydrogen (secondary N) is 2. The summed E-state index contributed by atoms with van der Waals surface area (Å²) in [6.45, 7) is 2.98. The molecule has 3 N–H and O–H groups in total. The van der Waals surface area contributed by atoms with E-state index in [2.05, 4.69) is 15.5 Å².